The molecule has 0 spiro atoms. The van der Waals surface area contributed by atoms with Gasteiger partial charge in [0.25, 0.3) is 11.5 Å². The zero-order valence-corrected chi connectivity index (χ0v) is 19.0. The van der Waals surface area contributed by atoms with Crippen LogP contribution in [0, 0.1) is 11.8 Å². The quantitative estimate of drug-likeness (QED) is 0.445. The number of fused-ring (bicyclic) bond motifs is 1. The SMILES string of the molecule is CC#C[C@](C)(CN1Cc2ccc(OC)cc2C1=O)NC(=O)NC=O.CCc1nccc(=O)[nH]1. The van der Waals surface area contributed by atoms with E-state index in [9.17, 15) is 19.2 Å². The van der Waals surface area contributed by atoms with Crippen molar-refractivity contribution in [2.24, 2.45) is 0 Å². The Bertz CT molecular complexity index is 1130. The maximum atomic E-state index is 12.6. The summed E-state index contributed by atoms with van der Waals surface area (Å²) in [6.45, 7) is 5.90. The summed E-state index contributed by atoms with van der Waals surface area (Å²) in [5, 5.41) is 4.63. The zero-order chi connectivity index (χ0) is 24.4. The van der Waals surface area contributed by atoms with Crippen molar-refractivity contribution in [1.82, 2.24) is 25.5 Å². The predicted molar refractivity (Wildman–Crippen MR) is 122 cm³/mol. The highest BCUT2D eigenvalue weighted by atomic mass is 16.5. The average Bonchev–Trinajstić information content (AvgIpc) is 3.08. The number of aromatic amines is 1. The third-order valence-corrected chi connectivity index (χ3v) is 4.74. The Balaban J connectivity index is 0.000000357. The molecule has 4 amide bonds. The van der Waals surface area contributed by atoms with Gasteiger partial charge >= 0.3 is 6.03 Å². The van der Waals surface area contributed by atoms with Crippen LogP contribution in [0.1, 0.15) is 42.5 Å². The van der Waals surface area contributed by atoms with Gasteiger partial charge in [0.2, 0.25) is 6.41 Å². The van der Waals surface area contributed by atoms with Crippen LogP contribution in [-0.4, -0.2) is 52.4 Å². The minimum Gasteiger partial charge on any atom is -0.497 e. The molecule has 3 N–H and O–H groups in total. The number of aryl methyl sites for hydroxylation is 1. The fourth-order valence-corrected chi connectivity index (χ4v) is 3.29. The standard InChI is InChI=1S/C17H19N3O4.C6H8N2O/c1-4-7-17(2,19-16(23)18-11-21)10-20-9-12-5-6-13(24-3)8-14(12)15(20)22;1-2-5-7-4-3-6(9)8-5/h5-6,8,11H,9-10H2,1-3H3,(H2,18,19,21,23);3-4H,2H2,1H3,(H,7,8,9)/t17-;/m1./s1. The maximum Gasteiger partial charge on any atom is 0.322 e. The zero-order valence-electron chi connectivity index (χ0n) is 19.0. The van der Waals surface area contributed by atoms with Gasteiger partial charge < -0.3 is 19.9 Å². The monoisotopic (exact) mass is 453 g/mol. The number of carbonyl (C=O) groups is 3. The molecule has 174 valence electrons. The van der Waals surface area contributed by atoms with Crippen LogP contribution in [0.3, 0.4) is 0 Å². The summed E-state index contributed by atoms with van der Waals surface area (Å²) in [4.78, 5) is 53.3. The molecule has 2 aromatic rings. The number of nitrogens with one attached hydrogen (secondary N) is 3. The highest BCUT2D eigenvalue weighted by Gasteiger charge is 2.34. The van der Waals surface area contributed by atoms with Gasteiger partial charge in [-0.2, -0.15) is 0 Å². The number of nitrogens with zero attached hydrogens (tertiary/aromatic N) is 2. The summed E-state index contributed by atoms with van der Waals surface area (Å²) in [7, 11) is 1.54. The van der Waals surface area contributed by atoms with Crippen LogP contribution in [0.5, 0.6) is 5.75 Å². The predicted octanol–water partition coefficient (Wildman–Crippen LogP) is 1.22. The Labute approximate surface area is 191 Å². The van der Waals surface area contributed by atoms with E-state index in [0.29, 0.717) is 17.9 Å². The number of H-pyrrole nitrogens is 1. The molecule has 10 heteroatoms. The minimum absolute atomic E-state index is 0.0816. The molecular weight excluding hydrogens is 426 g/mol. The molecule has 0 radical (unpaired) electrons. The number of ether oxygens (including phenoxy) is 1. The highest BCUT2D eigenvalue weighted by molar-refractivity contribution is 5.99. The molecule has 0 saturated heterocycles. The Hall–Kier alpha value is -4.13. The first-order valence-electron chi connectivity index (χ1n) is 10.2. The van der Waals surface area contributed by atoms with Crippen LogP contribution in [0.25, 0.3) is 0 Å². The molecule has 0 saturated carbocycles. The number of carbonyl (C=O) groups excluding carboxylic acids is 3. The number of rotatable bonds is 6. The van der Waals surface area contributed by atoms with E-state index in [1.54, 1.807) is 38.0 Å². The van der Waals surface area contributed by atoms with E-state index in [1.165, 1.54) is 12.3 Å². The molecule has 0 unspecified atom stereocenters. The Morgan fingerprint density at radius 2 is 2.12 bits per heavy atom. The third kappa shape index (κ3) is 6.93. The first-order valence-corrected chi connectivity index (χ1v) is 10.2. The van der Waals surface area contributed by atoms with Crippen molar-refractivity contribution in [3.63, 3.8) is 0 Å². The molecular formula is C23H27N5O5. The molecule has 1 aliphatic heterocycles. The van der Waals surface area contributed by atoms with Crippen LogP contribution in [0.4, 0.5) is 4.79 Å². The summed E-state index contributed by atoms with van der Waals surface area (Å²) < 4.78 is 5.15. The minimum atomic E-state index is -0.983. The van der Waals surface area contributed by atoms with E-state index in [0.717, 1.165) is 17.8 Å². The van der Waals surface area contributed by atoms with Crippen molar-refractivity contribution in [3.05, 3.63) is 57.8 Å². The molecule has 1 aliphatic rings. The van der Waals surface area contributed by atoms with Gasteiger partial charge in [0.05, 0.1) is 13.7 Å². The van der Waals surface area contributed by atoms with Crippen LogP contribution in [0.15, 0.2) is 35.3 Å². The largest absolute Gasteiger partial charge is 0.497 e. The fourth-order valence-electron chi connectivity index (χ4n) is 3.29. The maximum absolute atomic E-state index is 12.6. The van der Waals surface area contributed by atoms with E-state index in [-0.39, 0.29) is 24.4 Å². The Kier molecular flexibility index (Phi) is 8.74. The second kappa shape index (κ2) is 11.5. The van der Waals surface area contributed by atoms with E-state index < -0.39 is 11.6 Å². The molecule has 0 bridgehead atoms. The second-order valence-corrected chi connectivity index (χ2v) is 7.34. The smallest absolute Gasteiger partial charge is 0.322 e. The van der Waals surface area contributed by atoms with E-state index in [2.05, 4.69) is 27.1 Å². The van der Waals surface area contributed by atoms with Gasteiger partial charge in [-0.3, -0.25) is 19.7 Å². The summed E-state index contributed by atoms with van der Waals surface area (Å²) in [6.07, 6.45) is 2.58. The normalized spacial score (nSPS) is 13.3. The first kappa shape index (κ1) is 25.1. The average molecular weight is 453 g/mol. The summed E-state index contributed by atoms with van der Waals surface area (Å²) in [5.74, 6) is 6.84. The van der Waals surface area contributed by atoms with Crippen molar-refractivity contribution in [3.8, 4) is 17.6 Å². The second-order valence-electron chi connectivity index (χ2n) is 7.34. The van der Waals surface area contributed by atoms with Gasteiger partial charge in [-0.15, -0.1) is 5.92 Å². The van der Waals surface area contributed by atoms with Gasteiger partial charge in [-0.25, -0.2) is 9.78 Å². The Morgan fingerprint density at radius 1 is 1.36 bits per heavy atom. The lowest BCUT2D eigenvalue weighted by molar-refractivity contribution is -0.108. The van der Waals surface area contributed by atoms with Crippen LogP contribution in [0.2, 0.25) is 0 Å². The summed E-state index contributed by atoms with van der Waals surface area (Å²) in [6, 6.07) is 6.09. The van der Waals surface area contributed by atoms with Crippen LogP contribution < -0.4 is 20.9 Å². The number of aromatic nitrogens is 2. The van der Waals surface area contributed by atoms with Crippen molar-refractivity contribution in [2.45, 2.75) is 39.3 Å². The van der Waals surface area contributed by atoms with Crippen molar-refractivity contribution in [2.75, 3.05) is 13.7 Å². The van der Waals surface area contributed by atoms with Gasteiger partial charge in [-0.05, 0) is 31.5 Å². The van der Waals surface area contributed by atoms with Crippen LogP contribution in [-0.2, 0) is 17.8 Å². The van der Waals surface area contributed by atoms with Gasteiger partial charge in [0.1, 0.15) is 17.1 Å². The fraction of sp³-hybridized carbons (Fsp3) is 0.348. The molecule has 10 nitrogen and oxygen atoms in total. The number of amides is 4. The van der Waals surface area contributed by atoms with Crippen LogP contribution >= 0.6 is 0 Å². The lowest BCUT2D eigenvalue weighted by atomic mass is 10.0. The van der Waals surface area contributed by atoms with Gasteiger partial charge in [0.15, 0.2) is 0 Å². The summed E-state index contributed by atoms with van der Waals surface area (Å²) >= 11 is 0. The van der Waals surface area contributed by atoms with Crippen molar-refractivity contribution < 1.29 is 19.1 Å². The van der Waals surface area contributed by atoms with E-state index in [1.807, 2.05) is 18.3 Å². The molecule has 3 rings (SSSR count). The molecule has 2 heterocycles. The number of benzene rings is 1. The molecule has 1 aromatic carbocycles. The van der Waals surface area contributed by atoms with E-state index >= 15 is 0 Å². The highest BCUT2D eigenvalue weighted by Crippen LogP contribution is 2.27. The summed E-state index contributed by atoms with van der Waals surface area (Å²) in [5.41, 5.74) is 0.411. The lowest BCUT2D eigenvalue weighted by Crippen LogP contribution is -2.55. The van der Waals surface area contributed by atoms with Crippen molar-refractivity contribution in [1.29, 1.82) is 0 Å². The lowest BCUT2D eigenvalue weighted by Gasteiger charge is -2.30. The van der Waals surface area contributed by atoms with Gasteiger partial charge in [-0.1, -0.05) is 18.9 Å². The van der Waals surface area contributed by atoms with Gasteiger partial charge in [0, 0.05) is 30.8 Å². The van der Waals surface area contributed by atoms with Crippen molar-refractivity contribution >= 4 is 18.3 Å². The number of urea groups is 1. The first-order chi connectivity index (χ1) is 15.7. The van der Waals surface area contributed by atoms with E-state index in [4.69, 9.17) is 4.74 Å². The number of hydrogen-bond acceptors (Lipinski definition) is 6. The Morgan fingerprint density at radius 3 is 2.70 bits per heavy atom. The molecule has 0 aliphatic carbocycles. The topological polar surface area (TPSA) is 133 Å². The number of methoxy groups -OCH3 is 1. The molecule has 0 fully saturated rings. The molecule has 33 heavy (non-hydrogen) atoms. The number of imide groups is 1. The molecule has 1 atom stereocenters. The third-order valence-electron chi connectivity index (χ3n) is 4.74. The molecule has 1 aromatic heterocycles. The number of hydrogen-bond donors (Lipinski definition) is 3.